The van der Waals surface area contributed by atoms with Crippen LogP contribution in [0.3, 0.4) is 0 Å². The molecule has 1 aliphatic rings. The Hall–Kier alpha value is -3.67. The minimum Gasteiger partial charge on any atom is -0.495 e. The molecule has 0 unspecified atom stereocenters. The third-order valence-corrected chi connectivity index (χ3v) is 5.79. The van der Waals surface area contributed by atoms with E-state index in [1.807, 2.05) is 30.3 Å². The first kappa shape index (κ1) is 19.3. The molecule has 1 aliphatic heterocycles. The highest BCUT2D eigenvalue weighted by Crippen LogP contribution is 2.33. The van der Waals surface area contributed by atoms with E-state index in [1.54, 1.807) is 19.2 Å². The van der Waals surface area contributed by atoms with Gasteiger partial charge in [-0.05, 0) is 36.4 Å². The van der Waals surface area contributed by atoms with Crippen molar-refractivity contribution in [2.75, 3.05) is 43.1 Å². The highest BCUT2D eigenvalue weighted by molar-refractivity contribution is 6.00. The van der Waals surface area contributed by atoms with Crippen LogP contribution in [-0.2, 0) is 0 Å². The number of para-hydroxylation sites is 2. The molecule has 0 aliphatic carbocycles. The highest BCUT2D eigenvalue weighted by atomic mass is 19.1. The molecule has 6 heteroatoms. The number of ether oxygens (including phenoxy) is 1. The lowest BCUT2D eigenvalue weighted by molar-refractivity contribution is 0.413. The lowest BCUT2D eigenvalue weighted by atomic mass is 10.0. The molecular formula is C25H23FN4O. The maximum Gasteiger partial charge on any atom is 0.159 e. The quantitative estimate of drug-likeness (QED) is 0.481. The number of methoxy groups -OCH3 is 1. The summed E-state index contributed by atoms with van der Waals surface area (Å²) in [5.74, 6) is 1.52. The molecule has 5 nitrogen and oxygen atoms in total. The largest absolute Gasteiger partial charge is 0.495 e. The van der Waals surface area contributed by atoms with Crippen LogP contribution in [0.1, 0.15) is 0 Å². The summed E-state index contributed by atoms with van der Waals surface area (Å²) in [5, 5.41) is 11.2. The summed E-state index contributed by atoms with van der Waals surface area (Å²) in [6.45, 7) is 3.42. The lowest BCUT2D eigenvalue weighted by Gasteiger charge is -2.37. The number of rotatable bonds is 4. The minimum absolute atomic E-state index is 0.259. The number of piperazine rings is 1. The van der Waals surface area contributed by atoms with Crippen LogP contribution in [0.15, 0.2) is 72.8 Å². The first-order valence-electron chi connectivity index (χ1n) is 10.4. The van der Waals surface area contributed by atoms with Gasteiger partial charge in [-0.25, -0.2) is 4.39 Å². The van der Waals surface area contributed by atoms with Crippen LogP contribution in [0, 0.1) is 5.82 Å². The zero-order chi connectivity index (χ0) is 21.2. The van der Waals surface area contributed by atoms with Gasteiger partial charge in [0.2, 0.25) is 0 Å². The smallest absolute Gasteiger partial charge is 0.159 e. The van der Waals surface area contributed by atoms with E-state index in [9.17, 15) is 4.39 Å². The Balaban J connectivity index is 1.44. The predicted octanol–water partition coefficient (Wildman–Crippen LogP) is 4.77. The molecule has 5 rings (SSSR count). The van der Waals surface area contributed by atoms with Gasteiger partial charge in [-0.2, -0.15) is 0 Å². The van der Waals surface area contributed by atoms with Crippen LogP contribution in [0.5, 0.6) is 5.75 Å². The highest BCUT2D eigenvalue weighted by Gasteiger charge is 2.23. The van der Waals surface area contributed by atoms with Crippen molar-refractivity contribution in [3.8, 4) is 17.0 Å². The second kappa shape index (κ2) is 8.22. The van der Waals surface area contributed by atoms with Crippen molar-refractivity contribution in [2.24, 2.45) is 0 Å². The van der Waals surface area contributed by atoms with Crippen LogP contribution < -0.4 is 14.5 Å². The SMILES string of the molecule is COc1ccccc1N1CCN(c2nnc(-c3ccc(F)cc3)c3ccccc23)CC1. The fourth-order valence-electron chi connectivity index (χ4n) is 4.19. The Bertz CT molecular complexity index is 1200. The van der Waals surface area contributed by atoms with Gasteiger partial charge in [-0.3, -0.25) is 0 Å². The first-order chi connectivity index (χ1) is 15.2. The van der Waals surface area contributed by atoms with Gasteiger partial charge in [0.25, 0.3) is 0 Å². The summed E-state index contributed by atoms with van der Waals surface area (Å²) in [5.41, 5.74) is 2.75. The van der Waals surface area contributed by atoms with E-state index in [4.69, 9.17) is 4.74 Å². The first-order valence-corrected chi connectivity index (χ1v) is 10.4. The Morgan fingerprint density at radius 2 is 1.39 bits per heavy atom. The zero-order valence-corrected chi connectivity index (χ0v) is 17.3. The van der Waals surface area contributed by atoms with Crippen LogP contribution >= 0.6 is 0 Å². The average Bonchev–Trinajstić information content (AvgIpc) is 2.84. The average molecular weight is 414 g/mol. The van der Waals surface area contributed by atoms with Gasteiger partial charge in [0.05, 0.1) is 12.8 Å². The minimum atomic E-state index is -0.259. The second-order valence-corrected chi connectivity index (χ2v) is 7.57. The van der Waals surface area contributed by atoms with Crippen LogP contribution in [0.4, 0.5) is 15.9 Å². The summed E-state index contributed by atoms with van der Waals surface area (Å²) in [6.07, 6.45) is 0. The summed E-state index contributed by atoms with van der Waals surface area (Å²) in [4.78, 5) is 4.63. The lowest BCUT2D eigenvalue weighted by Crippen LogP contribution is -2.47. The number of aromatic nitrogens is 2. The molecule has 0 radical (unpaired) electrons. The molecule has 4 aromatic rings. The number of hydrogen-bond acceptors (Lipinski definition) is 5. The van der Waals surface area contributed by atoms with E-state index in [-0.39, 0.29) is 5.82 Å². The van der Waals surface area contributed by atoms with Gasteiger partial charge >= 0.3 is 0 Å². The van der Waals surface area contributed by atoms with Crippen LogP contribution in [0.25, 0.3) is 22.0 Å². The third-order valence-electron chi connectivity index (χ3n) is 5.79. The molecule has 1 fully saturated rings. The third kappa shape index (κ3) is 3.65. The van der Waals surface area contributed by atoms with Crippen molar-refractivity contribution in [3.05, 3.63) is 78.6 Å². The van der Waals surface area contributed by atoms with Crippen molar-refractivity contribution in [2.45, 2.75) is 0 Å². The predicted molar refractivity (Wildman–Crippen MR) is 122 cm³/mol. The summed E-state index contributed by atoms with van der Waals surface area (Å²) < 4.78 is 18.9. The molecule has 31 heavy (non-hydrogen) atoms. The van der Waals surface area contributed by atoms with E-state index < -0.39 is 0 Å². The van der Waals surface area contributed by atoms with Crippen molar-refractivity contribution >= 4 is 22.3 Å². The zero-order valence-electron chi connectivity index (χ0n) is 17.3. The Kier molecular flexibility index (Phi) is 5.12. The number of anilines is 2. The van der Waals surface area contributed by atoms with Crippen molar-refractivity contribution < 1.29 is 9.13 Å². The van der Waals surface area contributed by atoms with E-state index >= 15 is 0 Å². The van der Waals surface area contributed by atoms with Gasteiger partial charge < -0.3 is 14.5 Å². The standard InChI is InChI=1S/C25H23FN4O/c1-31-23-9-5-4-8-22(23)29-14-16-30(17-15-29)25-21-7-3-2-6-20(21)24(27-28-25)18-10-12-19(26)13-11-18/h2-13H,14-17H2,1H3. The fourth-order valence-corrected chi connectivity index (χ4v) is 4.19. The molecule has 0 N–H and O–H groups in total. The molecule has 0 bridgehead atoms. The molecule has 0 atom stereocenters. The topological polar surface area (TPSA) is 41.5 Å². The van der Waals surface area contributed by atoms with Crippen LogP contribution in [-0.4, -0.2) is 43.5 Å². The fraction of sp³-hybridized carbons (Fsp3) is 0.200. The van der Waals surface area contributed by atoms with Crippen molar-refractivity contribution in [1.29, 1.82) is 0 Å². The molecule has 0 spiro atoms. The maximum atomic E-state index is 13.4. The number of benzene rings is 3. The van der Waals surface area contributed by atoms with E-state index in [1.165, 1.54) is 12.1 Å². The Labute approximate surface area is 180 Å². The second-order valence-electron chi connectivity index (χ2n) is 7.57. The Morgan fingerprint density at radius 1 is 0.742 bits per heavy atom. The van der Waals surface area contributed by atoms with Gasteiger partial charge in [-0.15, -0.1) is 10.2 Å². The molecule has 1 saturated heterocycles. The van der Waals surface area contributed by atoms with E-state index in [0.717, 1.165) is 65.5 Å². The molecular weight excluding hydrogens is 391 g/mol. The Morgan fingerprint density at radius 3 is 2.13 bits per heavy atom. The summed E-state index contributed by atoms with van der Waals surface area (Å²) in [7, 11) is 1.71. The van der Waals surface area contributed by atoms with E-state index in [0.29, 0.717) is 0 Å². The van der Waals surface area contributed by atoms with Gasteiger partial charge in [-0.1, -0.05) is 36.4 Å². The van der Waals surface area contributed by atoms with Gasteiger partial charge in [0, 0.05) is 42.5 Å². The molecule has 1 aromatic heterocycles. The van der Waals surface area contributed by atoms with Crippen LogP contribution in [0.2, 0.25) is 0 Å². The number of halogens is 1. The maximum absolute atomic E-state index is 13.4. The molecule has 2 heterocycles. The normalized spacial score (nSPS) is 14.1. The summed E-state index contributed by atoms with van der Waals surface area (Å²) >= 11 is 0. The molecule has 3 aromatic carbocycles. The molecule has 0 saturated carbocycles. The molecule has 156 valence electrons. The number of fused-ring (bicyclic) bond motifs is 1. The number of hydrogen-bond donors (Lipinski definition) is 0. The van der Waals surface area contributed by atoms with Crippen molar-refractivity contribution in [3.63, 3.8) is 0 Å². The van der Waals surface area contributed by atoms with Gasteiger partial charge in [0.1, 0.15) is 17.3 Å². The molecule has 0 amide bonds. The van der Waals surface area contributed by atoms with Gasteiger partial charge in [0.15, 0.2) is 5.82 Å². The number of nitrogens with zero attached hydrogens (tertiary/aromatic N) is 4. The van der Waals surface area contributed by atoms with Crippen molar-refractivity contribution in [1.82, 2.24) is 10.2 Å². The van der Waals surface area contributed by atoms with E-state index in [2.05, 4.69) is 38.2 Å². The summed E-state index contributed by atoms with van der Waals surface area (Å²) in [6, 6.07) is 22.7. The monoisotopic (exact) mass is 414 g/mol.